The summed E-state index contributed by atoms with van der Waals surface area (Å²) < 4.78 is 27.1. The SMILES string of the molecule is Cc1ccc(C(=O)c2c(C)cc(Cc3ccc(NS(C)(=O)=O)cc3C#N)n2C)cc1. The van der Waals surface area contributed by atoms with E-state index in [9.17, 15) is 18.5 Å². The average Bonchev–Trinajstić information content (AvgIpc) is 2.95. The van der Waals surface area contributed by atoms with Gasteiger partial charge in [0.2, 0.25) is 15.8 Å². The Bertz CT molecular complexity index is 1260. The average molecular weight is 422 g/mol. The normalized spacial score (nSPS) is 11.2. The van der Waals surface area contributed by atoms with E-state index in [-0.39, 0.29) is 5.78 Å². The van der Waals surface area contributed by atoms with Crippen molar-refractivity contribution in [2.24, 2.45) is 7.05 Å². The number of benzene rings is 2. The zero-order valence-corrected chi connectivity index (χ0v) is 18.2. The van der Waals surface area contributed by atoms with Gasteiger partial charge in [0.05, 0.1) is 23.6 Å². The number of hydrogen-bond donors (Lipinski definition) is 1. The molecular formula is C23H23N3O3S. The van der Waals surface area contributed by atoms with Gasteiger partial charge in [0.15, 0.2) is 0 Å². The number of carbonyl (C=O) groups is 1. The van der Waals surface area contributed by atoms with E-state index in [0.717, 1.165) is 28.6 Å². The van der Waals surface area contributed by atoms with Crippen LogP contribution in [0.1, 0.15) is 44.0 Å². The molecule has 1 aromatic heterocycles. The Labute approximate surface area is 176 Å². The van der Waals surface area contributed by atoms with Gasteiger partial charge in [0.1, 0.15) is 0 Å². The Balaban J connectivity index is 1.93. The monoisotopic (exact) mass is 421 g/mol. The van der Waals surface area contributed by atoms with E-state index in [0.29, 0.717) is 28.9 Å². The smallest absolute Gasteiger partial charge is 0.229 e. The number of sulfonamides is 1. The highest BCUT2D eigenvalue weighted by Crippen LogP contribution is 2.24. The first-order chi connectivity index (χ1) is 14.1. The minimum atomic E-state index is -3.42. The van der Waals surface area contributed by atoms with Crippen LogP contribution in [-0.2, 0) is 23.5 Å². The maximum atomic E-state index is 13.0. The number of nitrogens with one attached hydrogen (secondary N) is 1. The summed E-state index contributed by atoms with van der Waals surface area (Å²) in [5.41, 5.74) is 5.58. The zero-order valence-electron chi connectivity index (χ0n) is 17.4. The molecule has 0 aliphatic heterocycles. The number of aryl methyl sites for hydroxylation is 2. The molecule has 0 radical (unpaired) electrons. The number of ketones is 1. The van der Waals surface area contributed by atoms with E-state index >= 15 is 0 Å². The number of rotatable bonds is 6. The van der Waals surface area contributed by atoms with Crippen LogP contribution in [0, 0.1) is 25.2 Å². The Morgan fingerprint density at radius 3 is 2.37 bits per heavy atom. The summed E-state index contributed by atoms with van der Waals surface area (Å²) in [6.07, 6.45) is 1.51. The van der Waals surface area contributed by atoms with Crippen LogP contribution in [0.4, 0.5) is 5.69 Å². The summed E-state index contributed by atoms with van der Waals surface area (Å²) in [6, 6.07) is 16.4. The first-order valence-corrected chi connectivity index (χ1v) is 11.3. The van der Waals surface area contributed by atoms with Gasteiger partial charge in [-0.3, -0.25) is 9.52 Å². The van der Waals surface area contributed by atoms with Gasteiger partial charge in [-0.25, -0.2) is 8.42 Å². The summed E-state index contributed by atoms with van der Waals surface area (Å²) in [4.78, 5) is 13.0. The Kier molecular flexibility index (Phi) is 5.81. The number of aromatic nitrogens is 1. The Hall–Kier alpha value is -3.37. The molecule has 0 aliphatic rings. The Morgan fingerprint density at radius 1 is 1.10 bits per heavy atom. The van der Waals surface area contributed by atoms with Crippen LogP contribution in [0.3, 0.4) is 0 Å². The predicted octanol–water partition coefficient (Wildman–Crippen LogP) is 3.71. The lowest BCUT2D eigenvalue weighted by molar-refractivity contribution is 0.103. The largest absolute Gasteiger partial charge is 0.344 e. The van der Waals surface area contributed by atoms with E-state index in [1.807, 2.05) is 55.8 Å². The molecule has 3 rings (SSSR count). The molecule has 0 saturated heterocycles. The van der Waals surface area contributed by atoms with Crippen molar-refractivity contribution in [3.05, 3.63) is 87.7 Å². The Morgan fingerprint density at radius 2 is 1.77 bits per heavy atom. The van der Waals surface area contributed by atoms with Gasteiger partial charge in [-0.15, -0.1) is 0 Å². The second-order valence-corrected chi connectivity index (χ2v) is 9.20. The standard InChI is InChI=1S/C23H23N3O3S/c1-15-5-7-17(8-6-15)23(27)22-16(2)11-21(26(22)3)13-18-9-10-20(12-19(18)14-24)25-30(4,28)29/h5-12,25H,13H2,1-4H3. The van der Waals surface area contributed by atoms with Crippen LogP contribution in [0.2, 0.25) is 0 Å². The van der Waals surface area contributed by atoms with E-state index in [4.69, 9.17) is 0 Å². The van der Waals surface area contributed by atoms with Crippen molar-refractivity contribution in [3.63, 3.8) is 0 Å². The molecule has 0 fully saturated rings. The van der Waals surface area contributed by atoms with Gasteiger partial charge in [-0.1, -0.05) is 35.9 Å². The van der Waals surface area contributed by atoms with E-state index in [1.165, 1.54) is 6.07 Å². The molecule has 7 heteroatoms. The molecule has 1 N–H and O–H groups in total. The highest BCUT2D eigenvalue weighted by molar-refractivity contribution is 7.92. The lowest BCUT2D eigenvalue weighted by atomic mass is 10.0. The second-order valence-electron chi connectivity index (χ2n) is 7.46. The van der Waals surface area contributed by atoms with Crippen molar-refractivity contribution >= 4 is 21.5 Å². The molecule has 0 bridgehead atoms. The van der Waals surface area contributed by atoms with Crippen LogP contribution >= 0.6 is 0 Å². The molecule has 6 nitrogen and oxygen atoms in total. The number of anilines is 1. The highest BCUT2D eigenvalue weighted by atomic mass is 32.2. The third kappa shape index (κ3) is 4.61. The fraction of sp³-hybridized carbons (Fsp3) is 0.217. The number of nitriles is 1. The van der Waals surface area contributed by atoms with Crippen LogP contribution in [0.15, 0.2) is 48.5 Å². The molecule has 154 valence electrons. The van der Waals surface area contributed by atoms with Gasteiger partial charge < -0.3 is 4.57 Å². The van der Waals surface area contributed by atoms with Crippen LogP contribution < -0.4 is 4.72 Å². The molecule has 30 heavy (non-hydrogen) atoms. The van der Waals surface area contributed by atoms with Gasteiger partial charge in [-0.2, -0.15) is 5.26 Å². The van der Waals surface area contributed by atoms with Crippen molar-refractivity contribution in [1.82, 2.24) is 4.57 Å². The minimum Gasteiger partial charge on any atom is -0.344 e. The van der Waals surface area contributed by atoms with Crippen LogP contribution in [0.5, 0.6) is 0 Å². The second kappa shape index (κ2) is 8.17. The lowest BCUT2D eigenvalue weighted by Crippen LogP contribution is -2.11. The maximum absolute atomic E-state index is 13.0. The van der Waals surface area contributed by atoms with Gasteiger partial charge in [0.25, 0.3) is 0 Å². The molecule has 0 aliphatic carbocycles. The molecule has 2 aromatic carbocycles. The maximum Gasteiger partial charge on any atom is 0.229 e. The van der Waals surface area contributed by atoms with Crippen molar-refractivity contribution in [2.45, 2.75) is 20.3 Å². The molecule has 0 atom stereocenters. The number of nitrogens with zero attached hydrogens (tertiary/aromatic N) is 2. The summed E-state index contributed by atoms with van der Waals surface area (Å²) in [7, 11) is -1.58. The molecular weight excluding hydrogens is 398 g/mol. The van der Waals surface area contributed by atoms with Crippen LogP contribution in [-0.4, -0.2) is 25.0 Å². The summed E-state index contributed by atoms with van der Waals surface area (Å²) in [5.74, 6) is -0.0468. The highest BCUT2D eigenvalue weighted by Gasteiger charge is 2.19. The third-order valence-electron chi connectivity index (χ3n) is 4.96. The lowest BCUT2D eigenvalue weighted by Gasteiger charge is -2.11. The van der Waals surface area contributed by atoms with E-state index < -0.39 is 10.0 Å². The predicted molar refractivity (Wildman–Crippen MR) is 117 cm³/mol. The van der Waals surface area contributed by atoms with Gasteiger partial charge >= 0.3 is 0 Å². The summed E-state index contributed by atoms with van der Waals surface area (Å²) in [5, 5.41) is 9.52. The fourth-order valence-corrected chi connectivity index (χ4v) is 4.03. The first kappa shape index (κ1) is 21.3. The third-order valence-corrected chi connectivity index (χ3v) is 5.56. The van der Waals surface area contributed by atoms with Crippen molar-refractivity contribution in [3.8, 4) is 6.07 Å². The topological polar surface area (TPSA) is 92.0 Å². The zero-order chi connectivity index (χ0) is 22.1. The van der Waals surface area contributed by atoms with E-state index in [2.05, 4.69) is 10.8 Å². The summed E-state index contributed by atoms with van der Waals surface area (Å²) >= 11 is 0. The molecule has 3 aromatic rings. The van der Waals surface area contributed by atoms with Gasteiger partial charge in [-0.05, 0) is 43.2 Å². The number of carbonyl (C=O) groups excluding carboxylic acids is 1. The fourth-order valence-electron chi connectivity index (χ4n) is 3.47. The van der Waals surface area contributed by atoms with Crippen molar-refractivity contribution < 1.29 is 13.2 Å². The molecule has 0 spiro atoms. The first-order valence-electron chi connectivity index (χ1n) is 9.36. The minimum absolute atomic E-state index is 0.0468. The van der Waals surface area contributed by atoms with E-state index in [1.54, 1.807) is 12.1 Å². The van der Waals surface area contributed by atoms with Gasteiger partial charge in [0, 0.05) is 30.4 Å². The molecule has 0 amide bonds. The van der Waals surface area contributed by atoms with Crippen LogP contribution in [0.25, 0.3) is 0 Å². The van der Waals surface area contributed by atoms with Crippen molar-refractivity contribution in [2.75, 3.05) is 11.0 Å². The molecule has 0 unspecified atom stereocenters. The molecule has 1 heterocycles. The molecule has 0 saturated carbocycles. The number of hydrogen-bond acceptors (Lipinski definition) is 4. The van der Waals surface area contributed by atoms with Crippen molar-refractivity contribution in [1.29, 1.82) is 5.26 Å². The quantitative estimate of drug-likeness (QED) is 0.614. The summed E-state index contributed by atoms with van der Waals surface area (Å²) in [6.45, 7) is 3.87.